The number of carboxylic acids is 1. The van der Waals surface area contributed by atoms with E-state index in [1.54, 1.807) is 0 Å². The van der Waals surface area contributed by atoms with E-state index in [4.69, 9.17) is 5.11 Å². The van der Waals surface area contributed by atoms with Gasteiger partial charge in [0.2, 0.25) is 0 Å². The lowest BCUT2D eigenvalue weighted by Crippen LogP contribution is -2.50. The lowest BCUT2D eigenvalue weighted by molar-refractivity contribution is -0.142. The Hall–Kier alpha value is -0.420. The van der Waals surface area contributed by atoms with Crippen molar-refractivity contribution >= 4 is 18.4 Å². The number of rotatable bonds is 1. The van der Waals surface area contributed by atoms with E-state index >= 15 is 0 Å². The summed E-state index contributed by atoms with van der Waals surface area (Å²) in [6, 6.07) is -1.67. The van der Waals surface area contributed by atoms with Crippen LogP contribution in [0.2, 0.25) is 0 Å². The Morgan fingerprint density at radius 2 is 2.15 bits per heavy atom. The minimum absolute atomic E-state index is 0. The molecule has 6 heteroatoms. The van der Waals surface area contributed by atoms with Crippen molar-refractivity contribution in [1.82, 2.24) is 5.32 Å². The second-order valence-electron chi connectivity index (χ2n) is 3.50. The summed E-state index contributed by atoms with van der Waals surface area (Å²) in [6.45, 7) is 0. The SMILES string of the molecule is Cl.O=C(O)C1NC2CC1CC2(F)F. The molecular weight excluding hydrogens is 204 g/mol. The van der Waals surface area contributed by atoms with Gasteiger partial charge in [0.1, 0.15) is 6.04 Å². The molecule has 2 rings (SSSR count). The predicted octanol–water partition coefficient (Wildman–Crippen LogP) is 0.878. The maximum Gasteiger partial charge on any atom is 0.320 e. The number of nitrogens with one attached hydrogen (secondary N) is 1. The molecule has 0 aromatic rings. The van der Waals surface area contributed by atoms with Crippen LogP contribution < -0.4 is 5.32 Å². The molecule has 76 valence electrons. The van der Waals surface area contributed by atoms with Crippen LogP contribution in [-0.2, 0) is 4.79 Å². The van der Waals surface area contributed by atoms with Crippen molar-refractivity contribution in [1.29, 1.82) is 0 Å². The highest BCUT2D eigenvalue weighted by Crippen LogP contribution is 2.45. The van der Waals surface area contributed by atoms with Gasteiger partial charge in [0.05, 0.1) is 6.04 Å². The summed E-state index contributed by atoms with van der Waals surface area (Å²) in [6.07, 6.45) is 0.0194. The van der Waals surface area contributed by atoms with Gasteiger partial charge in [-0.2, -0.15) is 0 Å². The number of alkyl halides is 2. The van der Waals surface area contributed by atoms with E-state index in [9.17, 15) is 13.6 Å². The van der Waals surface area contributed by atoms with E-state index < -0.39 is 24.0 Å². The van der Waals surface area contributed by atoms with E-state index in [1.807, 2.05) is 0 Å². The Balaban J connectivity index is 0.000000845. The fourth-order valence-electron chi connectivity index (χ4n) is 2.12. The molecule has 1 saturated heterocycles. The average molecular weight is 214 g/mol. The second-order valence-corrected chi connectivity index (χ2v) is 3.50. The van der Waals surface area contributed by atoms with Crippen LogP contribution in [0.5, 0.6) is 0 Å². The number of piperidine rings is 1. The van der Waals surface area contributed by atoms with E-state index in [1.165, 1.54) is 0 Å². The van der Waals surface area contributed by atoms with E-state index in [0.29, 0.717) is 6.42 Å². The highest BCUT2D eigenvalue weighted by molar-refractivity contribution is 5.85. The van der Waals surface area contributed by atoms with Crippen LogP contribution >= 0.6 is 12.4 Å². The summed E-state index contributed by atoms with van der Waals surface area (Å²) in [4.78, 5) is 10.5. The Bertz CT molecular complexity index is 237. The standard InChI is InChI=1S/C7H9F2NO2.ClH/c8-7(9)2-3-1-4(7)10-5(3)6(11)12;/h3-5,10H,1-2H2,(H,11,12);1H. The second kappa shape index (κ2) is 3.06. The van der Waals surface area contributed by atoms with Crippen LogP contribution in [0.3, 0.4) is 0 Å². The Morgan fingerprint density at radius 1 is 1.54 bits per heavy atom. The number of hydrogen-bond donors (Lipinski definition) is 2. The van der Waals surface area contributed by atoms with Gasteiger partial charge >= 0.3 is 5.97 Å². The maximum absolute atomic E-state index is 12.8. The van der Waals surface area contributed by atoms with E-state index in [0.717, 1.165) is 0 Å². The van der Waals surface area contributed by atoms with Crippen molar-refractivity contribution < 1.29 is 18.7 Å². The van der Waals surface area contributed by atoms with E-state index in [-0.39, 0.29) is 24.7 Å². The molecule has 1 heterocycles. The minimum Gasteiger partial charge on any atom is -0.480 e. The third kappa shape index (κ3) is 1.50. The number of aliphatic carboxylic acids is 1. The van der Waals surface area contributed by atoms with E-state index in [2.05, 4.69) is 5.32 Å². The molecule has 2 fully saturated rings. The quantitative estimate of drug-likeness (QED) is 0.680. The zero-order chi connectivity index (χ0) is 8.93. The van der Waals surface area contributed by atoms with Gasteiger partial charge in [-0.25, -0.2) is 8.78 Å². The fraction of sp³-hybridized carbons (Fsp3) is 0.857. The van der Waals surface area contributed by atoms with Crippen LogP contribution in [-0.4, -0.2) is 29.1 Å². The normalized spacial score (nSPS) is 40.0. The molecule has 1 aliphatic heterocycles. The summed E-state index contributed by atoms with van der Waals surface area (Å²) in [5.74, 6) is -4.10. The Kier molecular flexibility index (Phi) is 2.51. The fourth-order valence-corrected chi connectivity index (χ4v) is 2.12. The largest absolute Gasteiger partial charge is 0.480 e. The maximum atomic E-state index is 12.8. The van der Waals surface area contributed by atoms with Crippen molar-refractivity contribution in [2.75, 3.05) is 0 Å². The van der Waals surface area contributed by atoms with Crippen LogP contribution in [0.1, 0.15) is 12.8 Å². The number of hydrogen-bond acceptors (Lipinski definition) is 2. The van der Waals surface area contributed by atoms with Gasteiger partial charge in [0, 0.05) is 6.42 Å². The van der Waals surface area contributed by atoms with Gasteiger partial charge in [-0.05, 0) is 12.3 Å². The lowest BCUT2D eigenvalue weighted by atomic mass is 9.99. The molecule has 3 unspecified atom stereocenters. The first-order valence-electron chi connectivity index (χ1n) is 3.87. The van der Waals surface area contributed by atoms with Gasteiger partial charge in [-0.1, -0.05) is 0 Å². The molecular formula is C7H10ClF2NO2. The third-order valence-corrected chi connectivity index (χ3v) is 2.70. The van der Waals surface area contributed by atoms with Crippen molar-refractivity contribution in [3.8, 4) is 0 Å². The first-order valence-corrected chi connectivity index (χ1v) is 3.87. The molecule has 1 aliphatic carbocycles. The van der Waals surface area contributed by atoms with Crippen molar-refractivity contribution in [3.05, 3.63) is 0 Å². The first kappa shape index (κ1) is 10.7. The minimum atomic E-state index is -2.70. The van der Waals surface area contributed by atoms with Gasteiger partial charge in [0.15, 0.2) is 0 Å². The highest BCUT2D eigenvalue weighted by atomic mass is 35.5. The number of fused-ring (bicyclic) bond motifs is 2. The molecule has 3 atom stereocenters. The number of halogens is 3. The average Bonchev–Trinajstić information content (AvgIpc) is 2.40. The molecule has 0 amide bonds. The predicted molar refractivity (Wildman–Crippen MR) is 43.3 cm³/mol. The van der Waals surface area contributed by atoms with Crippen LogP contribution in [0.15, 0.2) is 0 Å². The van der Waals surface area contributed by atoms with Crippen LogP contribution in [0.4, 0.5) is 8.78 Å². The van der Waals surface area contributed by atoms with Gasteiger partial charge in [0.25, 0.3) is 5.92 Å². The summed E-state index contributed by atoms with van der Waals surface area (Å²) >= 11 is 0. The topological polar surface area (TPSA) is 49.3 Å². The molecule has 0 aromatic heterocycles. The Labute approximate surface area is 79.9 Å². The number of carbonyl (C=O) groups is 1. The summed E-state index contributed by atoms with van der Waals surface area (Å²) < 4.78 is 25.6. The number of carboxylic acid groups (broad SMARTS) is 1. The molecule has 3 nitrogen and oxygen atoms in total. The van der Waals surface area contributed by atoms with Gasteiger partial charge in [-0.15, -0.1) is 12.4 Å². The summed E-state index contributed by atoms with van der Waals surface area (Å²) in [5, 5.41) is 11.0. The van der Waals surface area contributed by atoms with Gasteiger partial charge in [-0.3, -0.25) is 10.1 Å². The van der Waals surface area contributed by atoms with Crippen molar-refractivity contribution in [3.63, 3.8) is 0 Å². The van der Waals surface area contributed by atoms with Crippen LogP contribution in [0, 0.1) is 5.92 Å². The van der Waals surface area contributed by atoms with Crippen LogP contribution in [0.25, 0.3) is 0 Å². The molecule has 13 heavy (non-hydrogen) atoms. The molecule has 0 radical (unpaired) electrons. The molecule has 0 aromatic carbocycles. The molecule has 1 saturated carbocycles. The Morgan fingerprint density at radius 3 is 2.46 bits per heavy atom. The van der Waals surface area contributed by atoms with Gasteiger partial charge < -0.3 is 5.11 Å². The zero-order valence-corrected chi connectivity index (χ0v) is 7.48. The highest BCUT2D eigenvalue weighted by Gasteiger charge is 2.58. The molecule has 0 spiro atoms. The monoisotopic (exact) mass is 213 g/mol. The molecule has 2 aliphatic rings. The third-order valence-electron chi connectivity index (χ3n) is 2.70. The van der Waals surface area contributed by atoms with Crippen molar-refractivity contribution in [2.45, 2.75) is 30.8 Å². The zero-order valence-electron chi connectivity index (χ0n) is 6.67. The summed E-state index contributed by atoms with van der Waals surface area (Å²) in [7, 11) is 0. The van der Waals surface area contributed by atoms with Crippen molar-refractivity contribution in [2.24, 2.45) is 5.92 Å². The molecule has 2 N–H and O–H groups in total. The summed E-state index contributed by atoms with van der Waals surface area (Å²) in [5.41, 5.74) is 0. The smallest absolute Gasteiger partial charge is 0.320 e. The molecule has 2 bridgehead atoms. The lowest BCUT2D eigenvalue weighted by Gasteiger charge is -2.26. The first-order chi connectivity index (χ1) is 5.50.